The summed E-state index contributed by atoms with van der Waals surface area (Å²) in [6.45, 7) is 4.03. The molecule has 0 atom stereocenters. The molecule has 3 N–H and O–H groups in total. The third-order valence-electron chi connectivity index (χ3n) is 2.00. The van der Waals surface area contributed by atoms with Gasteiger partial charge in [0.25, 0.3) is 0 Å². The molecule has 1 aromatic rings. The molecular formula is C11H19N3O. The van der Waals surface area contributed by atoms with Crippen molar-refractivity contribution in [2.45, 2.75) is 19.8 Å². The van der Waals surface area contributed by atoms with Crippen molar-refractivity contribution < 1.29 is 5.11 Å². The topological polar surface area (TPSA) is 57.2 Å². The van der Waals surface area contributed by atoms with E-state index >= 15 is 0 Å². The standard InChI is InChI=1S/C11H19N3O/c1-2-12-10-6-5-7-11(14-10)13-8-3-4-9-15/h5-7,15H,2-4,8-9H2,1H3,(H2,12,13,14). The molecule has 0 aliphatic carbocycles. The number of unbranched alkanes of at least 4 members (excludes halogenated alkanes) is 1. The lowest BCUT2D eigenvalue weighted by Gasteiger charge is -2.07. The summed E-state index contributed by atoms with van der Waals surface area (Å²) in [7, 11) is 0. The highest BCUT2D eigenvalue weighted by atomic mass is 16.2. The summed E-state index contributed by atoms with van der Waals surface area (Å²) >= 11 is 0. The Labute approximate surface area is 90.7 Å². The maximum absolute atomic E-state index is 8.62. The Morgan fingerprint density at radius 1 is 1.20 bits per heavy atom. The van der Waals surface area contributed by atoms with Gasteiger partial charge >= 0.3 is 0 Å². The molecule has 0 amide bonds. The summed E-state index contributed by atoms with van der Waals surface area (Å²) in [6.07, 6.45) is 1.80. The summed E-state index contributed by atoms with van der Waals surface area (Å²) in [5.41, 5.74) is 0. The first-order valence-electron chi connectivity index (χ1n) is 5.42. The van der Waals surface area contributed by atoms with Gasteiger partial charge in [0.15, 0.2) is 0 Å². The molecule has 1 rings (SSSR count). The smallest absolute Gasteiger partial charge is 0.128 e. The molecule has 0 bridgehead atoms. The molecule has 84 valence electrons. The van der Waals surface area contributed by atoms with E-state index in [1.54, 1.807) is 0 Å². The molecule has 0 saturated carbocycles. The van der Waals surface area contributed by atoms with Crippen LogP contribution in [0.15, 0.2) is 18.2 Å². The molecule has 4 nitrogen and oxygen atoms in total. The van der Waals surface area contributed by atoms with Crippen LogP contribution in [0, 0.1) is 0 Å². The number of pyridine rings is 1. The van der Waals surface area contributed by atoms with E-state index in [0.29, 0.717) is 0 Å². The van der Waals surface area contributed by atoms with Gasteiger partial charge in [-0.2, -0.15) is 0 Å². The zero-order valence-electron chi connectivity index (χ0n) is 9.16. The van der Waals surface area contributed by atoms with Gasteiger partial charge < -0.3 is 15.7 Å². The lowest BCUT2D eigenvalue weighted by atomic mass is 10.3. The molecular weight excluding hydrogens is 190 g/mol. The molecule has 1 aromatic heterocycles. The van der Waals surface area contributed by atoms with Gasteiger partial charge in [-0.3, -0.25) is 0 Å². The van der Waals surface area contributed by atoms with E-state index in [-0.39, 0.29) is 6.61 Å². The van der Waals surface area contributed by atoms with Gasteiger partial charge in [-0.25, -0.2) is 4.98 Å². The molecule has 0 aliphatic rings. The van der Waals surface area contributed by atoms with Crippen LogP contribution in [-0.4, -0.2) is 29.8 Å². The Balaban J connectivity index is 2.36. The third-order valence-corrected chi connectivity index (χ3v) is 2.00. The highest BCUT2D eigenvalue weighted by Gasteiger charge is 1.95. The Morgan fingerprint density at radius 2 is 1.93 bits per heavy atom. The number of nitrogens with zero attached hydrogens (tertiary/aromatic N) is 1. The zero-order chi connectivity index (χ0) is 10.9. The highest BCUT2D eigenvalue weighted by molar-refractivity contribution is 5.44. The fourth-order valence-corrected chi connectivity index (χ4v) is 1.27. The van der Waals surface area contributed by atoms with E-state index in [9.17, 15) is 0 Å². The van der Waals surface area contributed by atoms with Crippen molar-refractivity contribution in [3.05, 3.63) is 18.2 Å². The Morgan fingerprint density at radius 3 is 2.60 bits per heavy atom. The second kappa shape index (κ2) is 7.06. The summed E-state index contributed by atoms with van der Waals surface area (Å²) in [5.74, 6) is 1.77. The second-order valence-electron chi connectivity index (χ2n) is 3.30. The molecule has 0 aliphatic heterocycles. The van der Waals surface area contributed by atoms with E-state index in [4.69, 9.17) is 5.11 Å². The number of hydrogen-bond acceptors (Lipinski definition) is 4. The molecule has 0 unspecified atom stereocenters. The highest BCUT2D eigenvalue weighted by Crippen LogP contribution is 2.08. The number of nitrogens with one attached hydrogen (secondary N) is 2. The maximum atomic E-state index is 8.62. The number of aliphatic hydroxyl groups is 1. The number of aliphatic hydroxyl groups excluding tert-OH is 1. The van der Waals surface area contributed by atoms with Crippen LogP contribution in [0.3, 0.4) is 0 Å². The van der Waals surface area contributed by atoms with E-state index in [2.05, 4.69) is 15.6 Å². The molecule has 15 heavy (non-hydrogen) atoms. The predicted molar refractivity (Wildman–Crippen MR) is 63.2 cm³/mol. The largest absolute Gasteiger partial charge is 0.396 e. The second-order valence-corrected chi connectivity index (χ2v) is 3.30. The van der Waals surface area contributed by atoms with E-state index in [0.717, 1.165) is 37.6 Å². The van der Waals surface area contributed by atoms with Gasteiger partial charge in [0.2, 0.25) is 0 Å². The summed E-state index contributed by atoms with van der Waals surface area (Å²) < 4.78 is 0. The third kappa shape index (κ3) is 4.65. The number of hydrogen-bond donors (Lipinski definition) is 3. The van der Waals surface area contributed by atoms with E-state index < -0.39 is 0 Å². The minimum absolute atomic E-state index is 0.256. The Hall–Kier alpha value is -1.29. The van der Waals surface area contributed by atoms with Gasteiger partial charge in [-0.1, -0.05) is 6.07 Å². The molecule has 0 radical (unpaired) electrons. The lowest BCUT2D eigenvalue weighted by Crippen LogP contribution is -2.06. The quantitative estimate of drug-likeness (QED) is 0.598. The summed E-state index contributed by atoms with van der Waals surface area (Å²) in [6, 6.07) is 5.86. The first-order chi connectivity index (χ1) is 7.36. The summed E-state index contributed by atoms with van der Waals surface area (Å²) in [4.78, 5) is 4.38. The fourth-order valence-electron chi connectivity index (χ4n) is 1.27. The minimum atomic E-state index is 0.256. The normalized spacial score (nSPS) is 10.0. The van der Waals surface area contributed by atoms with Crippen LogP contribution < -0.4 is 10.6 Å². The molecule has 0 saturated heterocycles. The number of aromatic nitrogens is 1. The van der Waals surface area contributed by atoms with Crippen molar-refractivity contribution in [2.24, 2.45) is 0 Å². The van der Waals surface area contributed by atoms with E-state index in [1.807, 2.05) is 25.1 Å². The maximum Gasteiger partial charge on any atom is 0.128 e. The van der Waals surface area contributed by atoms with Crippen LogP contribution in [0.25, 0.3) is 0 Å². The van der Waals surface area contributed by atoms with Gasteiger partial charge in [0, 0.05) is 19.7 Å². The van der Waals surface area contributed by atoms with Crippen molar-refractivity contribution in [1.82, 2.24) is 4.98 Å². The zero-order valence-corrected chi connectivity index (χ0v) is 9.16. The molecule has 0 fully saturated rings. The average molecular weight is 209 g/mol. The van der Waals surface area contributed by atoms with Crippen LogP contribution in [-0.2, 0) is 0 Å². The SMILES string of the molecule is CCNc1cccc(NCCCCO)n1. The fraction of sp³-hybridized carbons (Fsp3) is 0.545. The van der Waals surface area contributed by atoms with Crippen molar-refractivity contribution in [2.75, 3.05) is 30.3 Å². The Bertz CT molecular complexity index is 278. The minimum Gasteiger partial charge on any atom is -0.396 e. The van der Waals surface area contributed by atoms with Crippen LogP contribution in [0.4, 0.5) is 11.6 Å². The van der Waals surface area contributed by atoms with E-state index in [1.165, 1.54) is 0 Å². The first-order valence-corrected chi connectivity index (χ1v) is 5.42. The first kappa shape index (κ1) is 11.8. The van der Waals surface area contributed by atoms with Crippen LogP contribution >= 0.6 is 0 Å². The number of anilines is 2. The molecule has 0 spiro atoms. The molecule has 0 aromatic carbocycles. The number of rotatable bonds is 7. The van der Waals surface area contributed by atoms with Crippen molar-refractivity contribution >= 4 is 11.6 Å². The van der Waals surface area contributed by atoms with Crippen molar-refractivity contribution in [3.8, 4) is 0 Å². The van der Waals surface area contributed by atoms with Crippen molar-refractivity contribution in [1.29, 1.82) is 0 Å². The monoisotopic (exact) mass is 209 g/mol. The predicted octanol–water partition coefficient (Wildman–Crippen LogP) is 1.70. The lowest BCUT2D eigenvalue weighted by molar-refractivity contribution is 0.286. The van der Waals surface area contributed by atoms with Gasteiger partial charge in [0.05, 0.1) is 0 Å². The Kier molecular flexibility index (Phi) is 5.55. The van der Waals surface area contributed by atoms with Gasteiger partial charge in [-0.15, -0.1) is 0 Å². The average Bonchev–Trinajstić information content (AvgIpc) is 2.26. The van der Waals surface area contributed by atoms with Gasteiger partial charge in [-0.05, 0) is 31.9 Å². The van der Waals surface area contributed by atoms with Crippen LogP contribution in [0.5, 0.6) is 0 Å². The van der Waals surface area contributed by atoms with Gasteiger partial charge in [0.1, 0.15) is 11.6 Å². The summed E-state index contributed by atoms with van der Waals surface area (Å²) in [5, 5.41) is 15.0. The van der Waals surface area contributed by atoms with Crippen LogP contribution in [0.2, 0.25) is 0 Å². The van der Waals surface area contributed by atoms with Crippen molar-refractivity contribution in [3.63, 3.8) is 0 Å². The van der Waals surface area contributed by atoms with Crippen LogP contribution in [0.1, 0.15) is 19.8 Å². The molecule has 4 heteroatoms. The molecule has 1 heterocycles.